The summed E-state index contributed by atoms with van der Waals surface area (Å²) in [4.78, 5) is 15.7. The number of urea groups is 1. The third-order valence-electron chi connectivity index (χ3n) is 3.27. The number of anilines is 1. The van der Waals surface area contributed by atoms with Crippen LogP contribution < -0.4 is 10.6 Å². The Hall–Kier alpha value is -1.58. The lowest BCUT2D eigenvalue weighted by Crippen LogP contribution is -2.39. The standard InChI is InChI=1S/C13H19N3O/c1-10-4-6-11(7-5-10)15-13(17)16-12-3-2-8-14-9-12/h2-3,8-11H,4-7H2,1H3,(H2,15,16,17). The van der Waals surface area contributed by atoms with Gasteiger partial charge in [0, 0.05) is 12.2 Å². The van der Waals surface area contributed by atoms with Crippen LogP contribution in [0.3, 0.4) is 0 Å². The predicted molar refractivity (Wildman–Crippen MR) is 67.8 cm³/mol. The molecule has 2 N–H and O–H groups in total. The van der Waals surface area contributed by atoms with E-state index < -0.39 is 0 Å². The maximum absolute atomic E-state index is 11.7. The molecule has 1 aliphatic rings. The summed E-state index contributed by atoms with van der Waals surface area (Å²) >= 11 is 0. The molecule has 2 rings (SSSR count). The molecule has 1 aromatic rings. The minimum Gasteiger partial charge on any atom is -0.335 e. The summed E-state index contributed by atoms with van der Waals surface area (Å²) in [5.74, 6) is 0.800. The van der Waals surface area contributed by atoms with Crippen molar-refractivity contribution in [1.82, 2.24) is 10.3 Å². The van der Waals surface area contributed by atoms with Crippen molar-refractivity contribution in [2.75, 3.05) is 5.32 Å². The van der Waals surface area contributed by atoms with Gasteiger partial charge in [-0.1, -0.05) is 6.92 Å². The van der Waals surface area contributed by atoms with Crippen LogP contribution in [0.25, 0.3) is 0 Å². The van der Waals surface area contributed by atoms with Crippen molar-refractivity contribution in [2.45, 2.75) is 38.6 Å². The zero-order valence-corrected chi connectivity index (χ0v) is 10.1. The van der Waals surface area contributed by atoms with Gasteiger partial charge in [-0.25, -0.2) is 4.79 Å². The number of pyridine rings is 1. The van der Waals surface area contributed by atoms with Crippen LogP contribution in [0.15, 0.2) is 24.5 Å². The molecule has 4 nitrogen and oxygen atoms in total. The molecule has 0 bridgehead atoms. The van der Waals surface area contributed by atoms with Crippen molar-refractivity contribution in [3.8, 4) is 0 Å². The van der Waals surface area contributed by atoms with Crippen molar-refractivity contribution in [3.63, 3.8) is 0 Å². The highest BCUT2D eigenvalue weighted by atomic mass is 16.2. The summed E-state index contributed by atoms with van der Waals surface area (Å²) in [6.07, 6.45) is 7.91. The maximum atomic E-state index is 11.7. The number of hydrogen-bond acceptors (Lipinski definition) is 2. The Morgan fingerprint density at radius 2 is 2.12 bits per heavy atom. The Bertz CT molecular complexity index is 358. The van der Waals surface area contributed by atoms with Gasteiger partial charge < -0.3 is 10.6 Å². The third kappa shape index (κ3) is 3.73. The Kier molecular flexibility index (Phi) is 3.96. The number of nitrogens with one attached hydrogen (secondary N) is 2. The third-order valence-corrected chi connectivity index (χ3v) is 3.27. The Labute approximate surface area is 102 Å². The van der Waals surface area contributed by atoms with E-state index in [1.807, 2.05) is 6.07 Å². The zero-order valence-electron chi connectivity index (χ0n) is 10.1. The van der Waals surface area contributed by atoms with Crippen molar-refractivity contribution in [1.29, 1.82) is 0 Å². The van der Waals surface area contributed by atoms with Crippen molar-refractivity contribution in [2.24, 2.45) is 5.92 Å². The fraction of sp³-hybridized carbons (Fsp3) is 0.538. The van der Waals surface area contributed by atoms with E-state index in [4.69, 9.17) is 0 Å². The lowest BCUT2D eigenvalue weighted by molar-refractivity contribution is 0.239. The molecule has 1 saturated carbocycles. The normalized spacial score (nSPS) is 24.1. The summed E-state index contributed by atoms with van der Waals surface area (Å²) in [5, 5.41) is 5.80. The van der Waals surface area contributed by atoms with E-state index >= 15 is 0 Å². The number of carbonyl (C=O) groups is 1. The molecule has 17 heavy (non-hydrogen) atoms. The highest BCUT2D eigenvalue weighted by molar-refractivity contribution is 5.89. The summed E-state index contributed by atoms with van der Waals surface area (Å²) in [7, 11) is 0. The molecular formula is C13H19N3O. The molecular weight excluding hydrogens is 214 g/mol. The van der Waals surface area contributed by atoms with Gasteiger partial charge in [-0.2, -0.15) is 0 Å². The minimum absolute atomic E-state index is 0.127. The molecule has 0 radical (unpaired) electrons. The average Bonchev–Trinajstić information content (AvgIpc) is 2.33. The van der Waals surface area contributed by atoms with Crippen LogP contribution in [-0.2, 0) is 0 Å². The second-order valence-corrected chi connectivity index (χ2v) is 4.80. The zero-order chi connectivity index (χ0) is 12.1. The molecule has 0 atom stereocenters. The van der Waals surface area contributed by atoms with E-state index in [-0.39, 0.29) is 6.03 Å². The molecule has 2 amide bonds. The molecule has 4 heteroatoms. The van der Waals surface area contributed by atoms with Crippen LogP contribution >= 0.6 is 0 Å². The first-order valence-electron chi connectivity index (χ1n) is 6.21. The van der Waals surface area contributed by atoms with E-state index in [9.17, 15) is 4.79 Å². The van der Waals surface area contributed by atoms with Crippen LogP contribution in [0.4, 0.5) is 10.5 Å². The molecule has 1 aromatic heterocycles. The SMILES string of the molecule is CC1CCC(NC(=O)Nc2cccnc2)CC1. The molecule has 0 aromatic carbocycles. The molecule has 1 aliphatic carbocycles. The Morgan fingerprint density at radius 1 is 1.35 bits per heavy atom. The molecule has 0 unspecified atom stereocenters. The quantitative estimate of drug-likeness (QED) is 0.825. The van der Waals surface area contributed by atoms with Crippen molar-refractivity contribution in [3.05, 3.63) is 24.5 Å². The van der Waals surface area contributed by atoms with Gasteiger partial charge in [-0.05, 0) is 43.7 Å². The lowest BCUT2D eigenvalue weighted by atomic mass is 9.87. The molecule has 1 heterocycles. The summed E-state index contributed by atoms with van der Waals surface area (Å²) in [6.45, 7) is 2.27. The topological polar surface area (TPSA) is 54.0 Å². The van der Waals surface area contributed by atoms with Gasteiger partial charge in [0.25, 0.3) is 0 Å². The van der Waals surface area contributed by atoms with Gasteiger partial charge in [-0.3, -0.25) is 4.98 Å². The second kappa shape index (κ2) is 5.66. The number of nitrogens with zero attached hydrogens (tertiary/aromatic N) is 1. The van der Waals surface area contributed by atoms with E-state index in [1.54, 1.807) is 18.5 Å². The Balaban J connectivity index is 1.78. The first-order chi connectivity index (χ1) is 8.24. The molecule has 1 fully saturated rings. The van der Waals surface area contributed by atoms with Crippen LogP contribution in [0.5, 0.6) is 0 Å². The largest absolute Gasteiger partial charge is 0.335 e. The molecule has 0 aliphatic heterocycles. The molecule has 0 saturated heterocycles. The molecule has 0 spiro atoms. The minimum atomic E-state index is -0.127. The summed E-state index contributed by atoms with van der Waals surface area (Å²) < 4.78 is 0. The van der Waals surface area contributed by atoms with E-state index in [1.165, 1.54) is 12.8 Å². The highest BCUT2D eigenvalue weighted by Crippen LogP contribution is 2.23. The number of carbonyl (C=O) groups excluding carboxylic acids is 1. The summed E-state index contributed by atoms with van der Waals surface area (Å²) in [6, 6.07) is 3.83. The van der Waals surface area contributed by atoms with Gasteiger partial charge >= 0.3 is 6.03 Å². The second-order valence-electron chi connectivity index (χ2n) is 4.80. The number of hydrogen-bond donors (Lipinski definition) is 2. The number of aromatic nitrogens is 1. The van der Waals surface area contributed by atoms with Gasteiger partial charge in [-0.15, -0.1) is 0 Å². The fourth-order valence-electron chi connectivity index (χ4n) is 2.19. The van der Waals surface area contributed by atoms with Crippen LogP contribution in [0.2, 0.25) is 0 Å². The van der Waals surface area contributed by atoms with Gasteiger partial charge in [0.05, 0.1) is 11.9 Å². The van der Waals surface area contributed by atoms with Crippen LogP contribution in [-0.4, -0.2) is 17.1 Å². The molecule has 92 valence electrons. The van der Waals surface area contributed by atoms with Crippen molar-refractivity contribution < 1.29 is 4.79 Å². The van der Waals surface area contributed by atoms with Gasteiger partial charge in [0.2, 0.25) is 0 Å². The van der Waals surface area contributed by atoms with Gasteiger partial charge in [0.1, 0.15) is 0 Å². The van der Waals surface area contributed by atoms with Gasteiger partial charge in [0.15, 0.2) is 0 Å². The van der Waals surface area contributed by atoms with E-state index in [0.717, 1.165) is 24.4 Å². The number of rotatable bonds is 2. The van der Waals surface area contributed by atoms with Crippen LogP contribution in [0.1, 0.15) is 32.6 Å². The predicted octanol–water partition coefficient (Wildman–Crippen LogP) is 2.78. The monoisotopic (exact) mass is 233 g/mol. The summed E-state index contributed by atoms with van der Waals surface area (Å²) in [5.41, 5.74) is 0.731. The fourth-order valence-corrected chi connectivity index (χ4v) is 2.19. The average molecular weight is 233 g/mol. The number of amides is 2. The van der Waals surface area contributed by atoms with E-state index in [0.29, 0.717) is 6.04 Å². The van der Waals surface area contributed by atoms with E-state index in [2.05, 4.69) is 22.5 Å². The highest BCUT2D eigenvalue weighted by Gasteiger charge is 2.19. The lowest BCUT2D eigenvalue weighted by Gasteiger charge is -2.26. The smallest absolute Gasteiger partial charge is 0.319 e. The first kappa shape index (κ1) is 11.9. The van der Waals surface area contributed by atoms with Crippen LogP contribution in [0, 0.1) is 5.92 Å². The maximum Gasteiger partial charge on any atom is 0.319 e. The Morgan fingerprint density at radius 3 is 2.76 bits per heavy atom. The van der Waals surface area contributed by atoms with Crippen molar-refractivity contribution >= 4 is 11.7 Å². The first-order valence-corrected chi connectivity index (χ1v) is 6.21.